The number of nitrogens with one attached hydrogen (secondary N) is 4. The van der Waals surface area contributed by atoms with Gasteiger partial charge in [0, 0.05) is 42.9 Å². The third kappa shape index (κ3) is 7.64. The molecule has 0 spiro atoms. The number of aliphatic hydroxyl groups excluding tert-OH is 2. The van der Waals surface area contributed by atoms with Crippen molar-refractivity contribution in [3.8, 4) is 0 Å². The zero-order chi connectivity index (χ0) is 32.7. The average molecular weight is 663 g/mol. The van der Waals surface area contributed by atoms with Gasteiger partial charge in [0.25, 0.3) is 23.6 Å². The summed E-state index contributed by atoms with van der Waals surface area (Å²) in [6.45, 7) is 3.21. The van der Waals surface area contributed by atoms with E-state index in [1.165, 1.54) is 34.3 Å². The van der Waals surface area contributed by atoms with Gasteiger partial charge in [-0.3, -0.25) is 50.5 Å². The molecule has 18 nitrogen and oxygen atoms in total. The van der Waals surface area contributed by atoms with E-state index in [0.717, 1.165) is 21.5 Å². The van der Waals surface area contributed by atoms with Crippen molar-refractivity contribution in [1.29, 1.82) is 0 Å². The van der Waals surface area contributed by atoms with Crippen LogP contribution < -0.4 is 21.7 Å². The fourth-order valence-corrected chi connectivity index (χ4v) is 6.01. The van der Waals surface area contributed by atoms with Gasteiger partial charge < -0.3 is 10.2 Å². The highest BCUT2D eigenvalue weighted by molar-refractivity contribution is 8.18. The normalized spacial score (nSPS) is 23.3. The van der Waals surface area contributed by atoms with E-state index in [9.17, 15) is 39.0 Å². The molecule has 2 aromatic rings. The van der Waals surface area contributed by atoms with Crippen LogP contribution in [0, 0.1) is 0 Å². The van der Waals surface area contributed by atoms with Gasteiger partial charge in [0.15, 0.2) is 28.6 Å². The van der Waals surface area contributed by atoms with Crippen LogP contribution in [-0.2, 0) is 9.59 Å². The van der Waals surface area contributed by atoms with Gasteiger partial charge >= 0.3 is 0 Å². The number of aromatic nitrogens is 6. The predicted octanol–water partition coefficient (Wildman–Crippen LogP) is -0.660. The quantitative estimate of drug-likeness (QED) is 0.210. The molecule has 20 heteroatoms. The topological polar surface area (TPSA) is 252 Å². The second-order valence-electron chi connectivity index (χ2n) is 9.70. The fraction of sp³-hybridized carbons (Fsp3) is 0.440. The molecule has 4 rings (SSSR count). The van der Waals surface area contributed by atoms with Crippen LogP contribution in [0.2, 0.25) is 0 Å². The molecular weight excluding hydrogens is 632 g/mol. The molecule has 0 bridgehead atoms. The van der Waals surface area contributed by atoms with Gasteiger partial charge in [0.2, 0.25) is 0 Å². The maximum atomic E-state index is 13.3. The highest BCUT2D eigenvalue weighted by Crippen LogP contribution is 2.37. The van der Waals surface area contributed by atoms with E-state index < -0.39 is 70.9 Å². The van der Waals surface area contributed by atoms with Crippen molar-refractivity contribution in [1.82, 2.24) is 51.7 Å². The molecule has 4 atom stereocenters. The van der Waals surface area contributed by atoms with Crippen LogP contribution in [0.15, 0.2) is 23.0 Å². The van der Waals surface area contributed by atoms with E-state index in [1.807, 2.05) is 0 Å². The minimum absolute atomic E-state index is 0.0362. The molecular formula is C25H30N10O8S2. The molecule has 2 aliphatic rings. The molecule has 45 heavy (non-hydrogen) atoms. The number of hydrazine groups is 2. The lowest BCUT2D eigenvalue weighted by atomic mass is 9.85. The Morgan fingerprint density at radius 2 is 1.33 bits per heavy atom. The van der Waals surface area contributed by atoms with E-state index >= 15 is 0 Å². The van der Waals surface area contributed by atoms with Gasteiger partial charge in [-0.05, 0) is 10.8 Å². The number of carbonyl (C=O) groups is 6. The van der Waals surface area contributed by atoms with Crippen molar-refractivity contribution in [2.75, 3.05) is 5.08 Å². The molecule has 0 radical (unpaired) electrons. The number of amides is 4. The van der Waals surface area contributed by atoms with Crippen LogP contribution in [0.4, 0.5) is 0 Å². The second kappa shape index (κ2) is 15.1. The third-order valence-corrected chi connectivity index (χ3v) is 8.58. The fourth-order valence-electron chi connectivity index (χ4n) is 4.62. The zero-order valence-corrected chi connectivity index (χ0v) is 25.6. The van der Waals surface area contributed by atoms with E-state index in [-0.39, 0.29) is 37.1 Å². The Morgan fingerprint density at radius 3 is 1.91 bits per heavy atom. The monoisotopic (exact) mass is 662 g/mol. The third-order valence-electron chi connectivity index (χ3n) is 6.84. The summed E-state index contributed by atoms with van der Waals surface area (Å²) in [5.74, 6) is -4.27. The van der Waals surface area contributed by atoms with Crippen molar-refractivity contribution >= 4 is 58.7 Å². The maximum absolute atomic E-state index is 13.3. The van der Waals surface area contributed by atoms with Crippen LogP contribution in [0.25, 0.3) is 0 Å². The lowest BCUT2D eigenvalue weighted by molar-refractivity contribution is -0.118. The molecule has 4 amide bonds. The Balaban J connectivity index is 1.65. The second-order valence-corrected chi connectivity index (χ2v) is 11.9. The zero-order valence-electron chi connectivity index (χ0n) is 24.0. The largest absolute Gasteiger partial charge is 0.391 e. The van der Waals surface area contributed by atoms with Crippen LogP contribution >= 0.6 is 23.5 Å². The molecule has 1 fully saturated rings. The van der Waals surface area contributed by atoms with Crippen molar-refractivity contribution in [2.45, 2.75) is 63.8 Å². The summed E-state index contributed by atoms with van der Waals surface area (Å²) in [7, 11) is 0. The van der Waals surface area contributed by atoms with Gasteiger partial charge in [-0.1, -0.05) is 24.3 Å². The highest BCUT2D eigenvalue weighted by Gasteiger charge is 2.43. The van der Waals surface area contributed by atoms with Crippen molar-refractivity contribution in [2.24, 2.45) is 0 Å². The van der Waals surface area contributed by atoms with E-state index in [2.05, 4.69) is 42.3 Å². The summed E-state index contributed by atoms with van der Waals surface area (Å²) in [5.41, 5.74) is 7.36. The van der Waals surface area contributed by atoms with Gasteiger partial charge in [-0.2, -0.15) is 0 Å². The van der Waals surface area contributed by atoms with E-state index in [4.69, 9.17) is 0 Å². The van der Waals surface area contributed by atoms with Crippen LogP contribution in [0.3, 0.4) is 0 Å². The Hall–Kier alpha value is -4.40. The van der Waals surface area contributed by atoms with Gasteiger partial charge in [0.05, 0.1) is 24.3 Å². The number of hydrogen-bond donors (Lipinski definition) is 6. The number of nitrogens with zero attached hydrogens (tertiary/aromatic N) is 6. The minimum Gasteiger partial charge on any atom is -0.391 e. The Kier molecular flexibility index (Phi) is 11.2. The number of rotatable bonds is 6. The summed E-state index contributed by atoms with van der Waals surface area (Å²) in [4.78, 5) is 75.7. The number of Topliss-reactive ketones (excluding diaryl/α,β-unsaturated/α-hetero) is 2. The van der Waals surface area contributed by atoms with Gasteiger partial charge in [0.1, 0.15) is 5.69 Å². The highest BCUT2D eigenvalue weighted by atomic mass is 32.2. The van der Waals surface area contributed by atoms with Crippen LogP contribution in [0.1, 0.15) is 93.6 Å². The molecule has 1 aliphatic heterocycles. The lowest BCUT2D eigenvalue weighted by Crippen LogP contribution is -2.46. The van der Waals surface area contributed by atoms with Gasteiger partial charge in [-0.25, -0.2) is 9.36 Å². The number of carbonyl (C=O) groups excluding carboxylic acids is 6. The van der Waals surface area contributed by atoms with Gasteiger partial charge in [-0.15, -0.1) is 33.7 Å². The molecule has 4 unspecified atom stereocenters. The predicted molar refractivity (Wildman–Crippen MR) is 158 cm³/mol. The minimum atomic E-state index is -1.35. The number of ketones is 2. The molecule has 2 aromatic heterocycles. The van der Waals surface area contributed by atoms with Crippen LogP contribution in [0.5, 0.6) is 0 Å². The Bertz CT molecular complexity index is 1550. The van der Waals surface area contributed by atoms with Crippen molar-refractivity contribution < 1.29 is 39.0 Å². The smallest absolute Gasteiger partial charge is 0.292 e. The summed E-state index contributed by atoms with van der Waals surface area (Å²) >= 11 is 2.51. The number of aliphatic hydroxyl groups is 2. The first-order valence-corrected chi connectivity index (χ1v) is 15.8. The summed E-state index contributed by atoms with van der Waals surface area (Å²) in [6.07, 6.45) is -0.703. The van der Waals surface area contributed by atoms with Crippen molar-refractivity contribution in [3.63, 3.8) is 0 Å². The number of thioether (sulfide) groups is 2. The number of fused-ring (bicyclic) bond motifs is 1. The van der Waals surface area contributed by atoms with E-state index in [1.54, 1.807) is 13.8 Å². The first-order chi connectivity index (χ1) is 21.6. The molecule has 6 N–H and O–H groups in total. The number of hydrogen-bond acceptors (Lipinski definition) is 14. The summed E-state index contributed by atoms with van der Waals surface area (Å²) in [5, 5.41) is 41.4. The molecule has 1 saturated carbocycles. The standard InChI is InChI=1S/C25H30N10O8S2/c1-3-14(36)20-22(15(37)4-2)34(32-28-20)12-9-17(39)13(10-16(12)38)35-23-21(29-33-35)24(42)30-26-18(40)5-7-44-11-45-8-6-19(41)27-31-25(23)43/h5-8,12-13,16-17,38-39H,3-4,9-11H2,1-2H3,(H,26,40)(H,27,41)(H,30,42)(H,31,43). The molecule has 1 aliphatic carbocycles. The first-order valence-electron chi connectivity index (χ1n) is 13.7. The SMILES string of the molecule is CCC(=O)c1nnn(C2CC(O)C(n3nnc4c3C(=O)NNC(=O)C=CSCSC=CC(=O)NNC4=O)CC2O)c1C(=O)CC. The summed E-state index contributed by atoms with van der Waals surface area (Å²) < 4.78 is 2.07. The first kappa shape index (κ1) is 33.5. The van der Waals surface area contributed by atoms with Crippen LogP contribution in [-0.4, -0.2) is 92.7 Å². The summed E-state index contributed by atoms with van der Waals surface area (Å²) in [6, 6.07) is -2.11. The average Bonchev–Trinajstić information content (AvgIpc) is 3.67. The molecule has 3 heterocycles. The lowest BCUT2D eigenvalue weighted by Gasteiger charge is -2.37. The Labute approximate surface area is 263 Å². The van der Waals surface area contributed by atoms with Crippen molar-refractivity contribution in [3.05, 3.63) is 45.7 Å². The maximum Gasteiger partial charge on any atom is 0.292 e. The molecule has 0 saturated heterocycles. The molecule has 0 aromatic carbocycles. The molecule has 240 valence electrons. The Morgan fingerprint density at radius 1 is 0.800 bits per heavy atom. The van der Waals surface area contributed by atoms with E-state index in [0.29, 0.717) is 5.08 Å².